The predicted octanol–water partition coefficient (Wildman–Crippen LogP) is 5.53. The summed E-state index contributed by atoms with van der Waals surface area (Å²) < 4.78 is 30.1. The Morgan fingerprint density at radius 3 is 0.875 bits per heavy atom. The monoisotopic (exact) mass is 266 g/mol. The van der Waals surface area contributed by atoms with Gasteiger partial charge in [0.2, 0.25) is 0 Å². The number of rotatable bonds is 9. The van der Waals surface area contributed by atoms with Gasteiger partial charge in [0, 0.05) is 0 Å². The number of halogens is 2. The minimum atomic E-state index is -3.07. The van der Waals surface area contributed by atoms with Gasteiger partial charge < -0.3 is 8.22 Å². The van der Waals surface area contributed by atoms with Crippen LogP contribution >= 0.6 is 0 Å². The van der Waals surface area contributed by atoms with E-state index in [1.807, 2.05) is 27.7 Å². The maximum Gasteiger partial charge on any atom is 0.270 e. The number of hydrogen-bond acceptors (Lipinski definition) is 0. The van der Waals surface area contributed by atoms with Crippen LogP contribution in [0.4, 0.5) is 8.22 Å². The van der Waals surface area contributed by atoms with Crippen LogP contribution in [0.3, 0.4) is 0 Å². The molecule has 0 fully saturated rings. The third-order valence-corrected chi connectivity index (χ3v) is 18.0. The van der Waals surface area contributed by atoms with E-state index in [2.05, 4.69) is 0 Å². The fourth-order valence-corrected chi connectivity index (χ4v) is 16.6. The zero-order valence-corrected chi connectivity index (χ0v) is 13.4. The molecule has 0 atom stereocenters. The van der Waals surface area contributed by atoms with Gasteiger partial charge in [-0.3, -0.25) is 0 Å². The van der Waals surface area contributed by atoms with Crippen molar-refractivity contribution in [3.8, 4) is 0 Å². The third kappa shape index (κ3) is 3.95. The molecule has 0 N–H and O–H groups in total. The topological polar surface area (TPSA) is 0 Å². The zero-order chi connectivity index (χ0) is 12.7. The Hall–Kier alpha value is 0.294. The molecule has 0 rings (SSSR count). The van der Waals surface area contributed by atoms with E-state index in [9.17, 15) is 0 Å². The minimum Gasteiger partial charge on any atom is -0.314 e. The van der Waals surface area contributed by atoms with E-state index in [1.54, 1.807) is 0 Å². The summed E-state index contributed by atoms with van der Waals surface area (Å²) in [6.07, 6.45) is 3.26. The Morgan fingerprint density at radius 2 is 0.750 bits per heavy atom. The lowest BCUT2D eigenvalue weighted by Crippen LogP contribution is -2.56. The van der Waals surface area contributed by atoms with Crippen LogP contribution in [-0.4, -0.2) is 15.9 Å². The Labute approximate surface area is 102 Å². The Kier molecular flexibility index (Phi) is 7.73. The lowest BCUT2D eigenvalue weighted by Gasteiger charge is -2.35. The van der Waals surface area contributed by atoms with Crippen molar-refractivity contribution in [3.05, 3.63) is 0 Å². The van der Waals surface area contributed by atoms with E-state index in [4.69, 9.17) is 0 Å². The molecule has 0 spiro atoms. The molecule has 0 nitrogen and oxygen atoms in total. The fourth-order valence-electron chi connectivity index (χ4n) is 2.73. The molecule has 0 aromatic carbocycles. The zero-order valence-electron chi connectivity index (χ0n) is 11.4. The van der Waals surface area contributed by atoms with E-state index in [1.165, 1.54) is 0 Å². The summed E-state index contributed by atoms with van der Waals surface area (Å²) in [5.41, 5.74) is 0. The van der Waals surface area contributed by atoms with Crippen molar-refractivity contribution in [2.24, 2.45) is 0 Å². The molecule has 0 unspecified atom stereocenters. The second-order valence-electron chi connectivity index (χ2n) is 4.93. The maximum atomic E-state index is 15.0. The second kappa shape index (κ2) is 7.59. The van der Waals surface area contributed by atoms with Crippen molar-refractivity contribution in [2.45, 2.75) is 77.6 Å². The van der Waals surface area contributed by atoms with Crippen LogP contribution in [-0.2, 0) is 0 Å². The van der Waals surface area contributed by atoms with Crippen molar-refractivity contribution >= 4 is 15.9 Å². The SMILES string of the molecule is CCC[Si](F)(CCC)[Si](F)(CCC)CCC. The summed E-state index contributed by atoms with van der Waals surface area (Å²) in [7, 11) is -6.15. The Bertz CT molecular complexity index is 154. The van der Waals surface area contributed by atoms with Crippen molar-refractivity contribution < 1.29 is 8.22 Å². The summed E-state index contributed by atoms with van der Waals surface area (Å²) in [6.45, 7) is 7.96. The summed E-state index contributed by atoms with van der Waals surface area (Å²) in [6, 6.07) is 2.24. The van der Waals surface area contributed by atoms with Crippen LogP contribution in [0, 0.1) is 0 Å². The van der Waals surface area contributed by atoms with Crippen LogP contribution in [0.15, 0.2) is 0 Å². The highest BCUT2D eigenvalue weighted by Gasteiger charge is 2.56. The van der Waals surface area contributed by atoms with Crippen LogP contribution in [0.25, 0.3) is 0 Å². The summed E-state index contributed by atoms with van der Waals surface area (Å²) in [5, 5.41) is 0. The number of hydrogen-bond donors (Lipinski definition) is 0. The van der Waals surface area contributed by atoms with Gasteiger partial charge in [-0.15, -0.1) is 0 Å². The van der Waals surface area contributed by atoms with E-state index in [0.29, 0.717) is 24.2 Å². The minimum absolute atomic E-state index is 0.559. The van der Waals surface area contributed by atoms with Gasteiger partial charge in [-0.25, -0.2) is 0 Å². The normalized spacial score (nSPS) is 13.1. The molecule has 0 saturated heterocycles. The largest absolute Gasteiger partial charge is 0.314 e. The van der Waals surface area contributed by atoms with Crippen LogP contribution in [0.1, 0.15) is 53.4 Å². The lowest BCUT2D eigenvalue weighted by molar-refractivity contribution is 0.692. The second-order valence-corrected chi connectivity index (χ2v) is 16.2. The Balaban J connectivity index is 4.90. The first kappa shape index (κ1) is 16.3. The van der Waals surface area contributed by atoms with Crippen molar-refractivity contribution in [1.82, 2.24) is 0 Å². The van der Waals surface area contributed by atoms with Gasteiger partial charge >= 0.3 is 0 Å². The van der Waals surface area contributed by atoms with Gasteiger partial charge in [-0.05, 0) is 24.2 Å². The van der Waals surface area contributed by atoms with E-state index in [-0.39, 0.29) is 0 Å². The first-order valence-electron chi connectivity index (χ1n) is 6.87. The summed E-state index contributed by atoms with van der Waals surface area (Å²) >= 11 is 0. The predicted molar refractivity (Wildman–Crippen MR) is 74.1 cm³/mol. The van der Waals surface area contributed by atoms with Gasteiger partial charge in [-0.2, -0.15) is 0 Å². The van der Waals surface area contributed by atoms with E-state index in [0.717, 1.165) is 25.7 Å². The van der Waals surface area contributed by atoms with Crippen molar-refractivity contribution in [2.75, 3.05) is 0 Å². The van der Waals surface area contributed by atoms with Crippen LogP contribution in [0.5, 0.6) is 0 Å². The van der Waals surface area contributed by atoms with Crippen LogP contribution in [0.2, 0.25) is 24.2 Å². The Morgan fingerprint density at radius 1 is 0.562 bits per heavy atom. The molecule has 0 aliphatic rings. The average Bonchev–Trinajstić information content (AvgIpc) is 2.19. The van der Waals surface area contributed by atoms with Crippen molar-refractivity contribution in [3.63, 3.8) is 0 Å². The standard InChI is InChI=1S/C12H28F2Si2/c1-5-9-15(13,10-6-2)16(14,11-7-3)12-8-4/h5-12H2,1-4H3. The highest BCUT2D eigenvalue weighted by atomic mass is 29.3. The molecule has 16 heavy (non-hydrogen) atoms. The summed E-state index contributed by atoms with van der Waals surface area (Å²) in [5.74, 6) is 0. The molecule has 0 heterocycles. The molecule has 0 aromatic rings. The van der Waals surface area contributed by atoms with Gasteiger partial charge in [0.1, 0.15) is 0 Å². The molecule has 0 aliphatic heterocycles. The van der Waals surface area contributed by atoms with Crippen molar-refractivity contribution in [1.29, 1.82) is 0 Å². The fraction of sp³-hybridized carbons (Fsp3) is 1.00. The molecular formula is C12H28F2Si2. The van der Waals surface area contributed by atoms with Gasteiger partial charge in [0.25, 0.3) is 15.9 Å². The first-order chi connectivity index (χ1) is 7.49. The maximum absolute atomic E-state index is 15.0. The molecule has 4 heteroatoms. The van der Waals surface area contributed by atoms with E-state index >= 15 is 8.22 Å². The highest BCUT2D eigenvalue weighted by Crippen LogP contribution is 2.39. The lowest BCUT2D eigenvalue weighted by atomic mass is 10.6. The molecule has 0 aliphatic carbocycles. The van der Waals surface area contributed by atoms with Gasteiger partial charge in [0.05, 0.1) is 0 Å². The van der Waals surface area contributed by atoms with E-state index < -0.39 is 15.9 Å². The molecule has 0 radical (unpaired) electrons. The smallest absolute Gasteiger partial charge is 0.270 e. The van der Waals surface area contributed by atoms with Gasteiger partial charge in [-0.1, -0.05) is 53.4 Å². The molecule has 0 amide bonds. The molecular weight excluding hydrogens is 238 g/mol. The van der Waals surface area contributed by atoms with Gasteiger partial charge in [0.15, 0.2) is 0 Å². The first-order valence-corrected chi connectivity index (χ1v) is 12.5. The quantitative estimate of drug-likeness (QED) is 0.380. The molecule has 0 bridgehead atoms. The third-order valence-electron chi connectivity index (χ3n) is 3.39. The highest BCUT2D eigenvalue weighted by molar-refractivity contribution is 7.37. The summed E-state index contributed by atoms with van der Waals surface area (Å²) in [4.78, 5) is 0. The molecule has 98 valence electrons. The average molecular weight is 267 g/mol. The molecule has 0 aromatic heterocycles. The van der Waals surface area contributed by atoms with Crippen LogP contribution < -0.4 is 0 Å². The molecule has 0 saturated carbocycles.